The summed E-state index contributed by atoms with van der Waals surface area (Å²) in [5.41, 5.74) is 0. The normalized spacial score (nSPS) is 23.2. The average Bonchev–Trinajstić information content (AvgIpc) is 1.91. The van der Waals surface area contributed by atoms with Crippen molar-refractivity contribution in [2.75, 3.05) is 26.2 Å². The van der Waals surface area contributed by atoms with Crippen LogP contribution in [0.1, 0.15) is 6.42 Å². The highest BCUT2D eigenvalue weighted by Gasteiger charge is 2.09. The van der Waals surface area contributed by atoms with Crippen LogP contribution in [0, 0.1) is 0 Å². The summed E-state index contributed by atoms with van der Waals surface area (Å²) < 4.78 is 0. The Morgan fingerprint density at radius 2 is 2.00 bits per heavy atom. The smallest absolute Gasteiger partial charge is 0.0446 e. The van der Waals surface area contributed by atoms with Crippen molar-refractivity contribution in [2.45, 2.75) is 12.5 Å². The lowest BCUT2D eigenvalue weighted by Crippen LogP contribution is -2.48. The minimum Gasteiger partial charge on any atom is -0.396 e. The van der Waals surface area contributed by atoms with E-state index in [1.807, 2.05) is 0 Å². The molecule has 1 atom stereocenters. The molecule has 3 N–H and O–H groups in total. The van der Waals surface area contributed by atoms with Crippen molar-refractivity contribution in [3.8, 4) is 0 Å². The number of halogens is 2. The van der Waals surface area contributed by atoms with Crippen LogP contribution in [0.15, 0.2) is 0 Å². The Morgan fingerprint density at radius 3 is 2.45 bits per heavy atom. The van der Waals surface area contributed by atoms with Gasteiger partial charge in [0.15, 0.2) is 0 Å². The summed E-state index contributed by atoms with van der Waals surface area (Å²) >= 11 is 0. The second-order valence-electron chi connectivity index (χ2n) is 2.37. The molecule has 0 aliphatic carbocycles. The molecule has 5 heteroatoms. The van der Waals surface area contributed by atoms with Crippen molar-refractivity contribution >= 4 is 24.8 Å². The van der Waals surface area contributed by atoms with Gasteiger partial charge in [-0.2, -0.15) is 0 Å². The Bertz CT molecular complexity index is 76.2. The first kappa shape index (κ1) is 14.0. The molecule has 0 saturated carbocycles. The summed E-state index contributed by atoms with van der Waals surface area (Å²) in [4.78, 5) is 0. The molecule has 0 unspecified atom stereocenters. The SMILES string of the molecule is Cl.Cl.OCC[C@@H]1CNCCN1. The number of hydrogen-bond donors (Lipinski definition) is 3. The molecule has 1 rings (SSSR count). The van der Waals surface area contributed by atoms with Crippen LogP contribution in [0.5, 0.6) is 0 Å². The van der Waals surface area contributed by atoms with E-state index in [4.69, 9.17) is 5.11 Å². The second kappa shape index (κ2) is 8.56. The standard InChI is InChI=1S/C6H14N2O.2ClH/c9-4-1-6-5-7-2-3-8-6;;/h6-9H,1-5H2;2*1H/t6-;;/m1../s1. The number of hydrogen-bond acceptors (Lipinski definition) is 3. The third-order valence-electron chi connectivity index (χ3n) is 1.60. The molecule has 0 amide bonds. The van der Waals surface area contributed by atoms with E-state index in [0.717, 1.165) is 26.1 Å². The fourth-order valence-electron chi connectivity index (χ4n) is 1.07. The van der Waals surface area contributed by atoms with Crippen LogP contribution >= 0.6 is 24.8 Å². The summed E-state index contributed by atoms with van der Waals surface area (Å²) in [6, 6.07) is 0.490. The molecule has 1 aliphatic rings. The molecule has 0 aromatic carbocycles. The first-order chi connectivity index (χ1) is 4.43. The average molecular weight is 203 g/mol. The minimum absolute atomic E-state index is 0. The van der Waals surface area contributed by atoms with E-state index in [2.05, 4.69) is 10.6 Å². The summed E-state index contributed by atoms with van der Waals surface area (Å²) in [6.07, 6.45) is 0.868. The predicted octanol–water partition coefficient (Wildman–Crippen LogP) is -0.226. The Balaban J connectivity index is 0. The first-order valence-corrected chi connectivity index (χ1v) is 3.48. The Morgan fingerprint density at radius 1 is 1.27 bits per heavy atom. The zero-order chi connectivity index (χ0) is 6.53. The van der Waals surface area contributed by atoms with E-state index >= 15 is 0 Å². The van der Waals surface area contributed by atoms with Crippen LogP contribution in [-0.4, -0.2) is 37.4 Å². The lowest BCUT2D eigenvalue weighted by atomic mass is 10.2. The van der Waals surface area contributed by atoms with Gasteiger partial charge in [0.05, 0.1) is 0 Å². The molecule has 0 bridgehead atoms. The molecule has 11 heavy (non-hydrogen) atoms. The van der Waals surface area contributed by atoms with Gasteiger partial charge in [0.1, 0.15) is 0 Å². The Labute approximate surface area is 79.8 Å². The Hall–Kier alpha value is 0.460. The molecule has 1 aliphatic heterocycles. The largest absolute Gasteiger partial charge is 0.396 e. The monoisotopic (exact) mass is 202 g/mol. The predicted molar refractivity (Wildman–Crippen MR) is 50.9 cm³/mol. The molecular weight excluding hydrogens is 187 g/mol. The highest BCUT2D eigenvalue weighted by Crippen LogP contribution is 1.91. The van der Waals surface area contributed by atoms with Crippen molar-refractivity contribution in [3.05, 3.63) is 0 Å². The molecular formula is C6H16Cl2N2O. The van der Waals surface area contributed by atoms with Crippen molar-refractivity contribution < 1.29 is 5.11 Å². The van der Waals surface area contributed by atoms with Gasteiger partial charge in [0, 0.05) is 32.3 Å². The molecule has 3 nitrogen and oxygen atoms in total. The van der Waals surface area contributed by atoms with Gasteiger partial charge in [-0.05, 0) is 6.42 Å². The second-order valence-corrected chi connectivity index (χ2v) is 2.37. The number of aliphatic hydroxyl groups excluding tert-OH is 1. The highest BCUT2D eigenvalue weighted by atomic mass is 35.5. The Kier molecular flexibility index (Phi) is 10.9. The molecule has 70 valence electrons. The summed E-state index contributed by atoms with van der Waals surface area (Å²) in [7, 11) is 0. The first-order valence-electron chi connectivity index (χ1n) is 3.48. The third-order valence-corrected chi connectivity index (χ3v) is 1.60. The fourth-order valence-corrected chi connectivity index (χ4v) is 1.07. The van der Waals surface area contributed by atoms with Crippen molar-refractivity contribution in [1.29, 1.82) is 0 Å². The van der Waals surface area contributed by atoms with E-state index in [-0.39, 0.29) is 24.8 Å². The van der Waals surface area contributed by atoms with Gasteiger partial charge in [-0.3, -0.25) is 0 Å². The highest BCUT2D eigenvalue weighted by molar-refractivity contribution is 5.85. The minimum atomic E-state index is 0. The van der Waals surface area contributed by atoms with E-state index in [1.165, 1.54) is 0 Å². The maximum atomic E-state index is 8.55. The van der Waals surface area contributed by atoms with Crippen LogP contribution in [-0.2, 0) is 0 Å². The molecule has 1 fully saturated rings. The van der Waals surface area contributed by atoms with Gasteiger partial charge in [-0.15, -0.1) is 24.8 Å². The van der Waals surface area contributed by atoms with Gasteiger partial charge in [-0.1, -0.05) is 0 Å². The molecule has 1 heterocycles. The number of piperazine rings is 1. The molecule has 0 aromatic heterocycles. The lowest BCUT2D eigenvalue weighted by Gasteiger charge is -2.23. The van der Waals surface area contributed by atoms with E-state index in [9.17, 15) is 0 Å². The molecule has 0 aromatic rings. The number of rotatable bonds is 2. The topological polar surface area (TPSA) is 44.3 Å². The van der Waals surface area contributed by atoms with Gasteiger partial charge in [-0.25, -0.2) is 0 Å². The maximum absolute atomic E-state index is 8.55. The molecule has 0 spiro atoms. The maximum Gasteiger partial charge on any atom is 0.0446 e. The van der Waals surface area contributed by atoms with E-state index in [0.29, 0.717) is 12.6 Å². The quantitative estimate of drug-likeness (QED) is 0.581. The molecule has 0 radical (unpaired) electrons. The van der Waals surface area contributed by atoms with Crippen LogP contribution < -0.4 is 10.6 Å². The van der Waals surface area contributed by atoms with Crippen molar-refractivity contribution in [2.24, 2.45) is 0 Å². The van der Waals surface area contributed by atoms with Crippen LogP contribution in [0.4, 0.5) is 0 Å². The summed E-state index contributed by atoms with van der Waals surface area (Å²) in [6.45, 7) is 3.38. The van der Waals surface area contributed by atoms with Gasteiger partial charge >= 0.3 is 0 Å². The van der Waals surface area contributed by atoms with Crippen LogP contribution in [0.2, 0.25) is 0 Å². The van der Waals surface area contributed by atoms with Gasteiger partial charge in [0.2, 0.25) is 0 Å². The number of nitrogens with one attached hydrogen (secondary N) is 2. The molecule has 1 saturated heterocycles. The van der Waals surface area contributed by atoms with Crippen LogP contribution in [0.25, 0.3) is 0 Å². The van der Waals surface area contributed by atoms with Crippen molar-refractivity contribution in [1.82, 2.24) is 10.6 Å². The zero-order valence-electron chi connectivity index (χ0n) is 6.38. The van der Waals surface area contributed by atoms with E-state index < -0.39 is 0 Å². The van der Waals surface area contributed by atoms with Crippen LogP contribution in [0.3, 0.4) is 0 Å². The van der Waals surface area contributed by atoms with Gasteiger partial charge < -0.3 is 15.7 Å². The summed E-state index contributed by atoms with van der Waals surface area (Å²) in [5, 5.41) is 15.1. The fraction of sp³-hybridized carbons (Fsp3) is 1.00. The number of aliphatic hydroxyl groups is 1. The van der Waals surface area contributed by atoms with E-state index in [1.54, 1.807) is 0 Å². The van der Waals surface area contributed by atoms with Gasteiger partial charge in [0.25, 0.3) is 0 Å². The summed E-state index contributed by atoms with van der Waals surface area (Å²) in [5.74, 6) is 0. The lowest BCUT2D eigenvalue weighted by molar-refractivity contribution is 0.255. The van der Waals surface area contributed by atoms with Crippen molar-refractivity contribution in [3.63, 3.8) is 0 Å². The third kappa shape index (κ3) is 5.70. The zero-order valence-corrected chi connectivity index (χ0v) is 8.01.